The second-order valence-corrected chi connectivity index (χ2v) is 5.99. The van der Waals surface area contributed by atoms with Crippen LogP contribution in [-0.2, 0) is 0 Å². The minimum absolute atomic E-state index is 0.225. The number of imide groups is 1. The van der Waals surface area contributed by atoms with Gasteiger partial charge in [-0.1, -0.05) is 13.8 Å². The first-order chi connectivity index (χ1) is 11.0. The Bertz CT molecular complexity index is 766. The molecule has 0 radical (unpaired) electrons. The number of carbonyl (C=O) groups is 2. The summed E-state index contributed by atoms with van der Waals surface area (Å²) >= 11 is 0. The van der Waals surface area contributed by atoms with Crippen LogP contribution in [0.5, 0.6) is 11.5 Å². The zero-order valence-corrected chi connectivity index (χ0v) is 13.1. The summed E-state index contributed by atoms with van der Waals surface area (Å²) in [6.07, 6.45) is 0. The lowest BCUT2D eigenvalue weighted by molar-refractivity contribution is 0.0636. The van der Waals surface area contributed by atoms with E-state index in [0.29, 0.717) is 34.9 Å². The molecule has 3 rings (SSSR count). The van der Waals surface area contributed by atoms with Crippen molar-refractivity contribution in [3.8, 4) is 11.5 Å². The van der Waals surface area contributed by atoms with Crippen LogP contribution >= 0.6 is 0 Å². The van der Waals surface area contributed by atoms with Crippen molar-refractivity contribution in [1.29, 1.82) is 0 Å². The molecule has 5 nitrogen and oxygen atoms in total. The number of nitrogens with two attached hydrogens (primary N) is 1. The molecule has 1 aliphatic heterocycles. The van der Waals surface area contributed by atoms with Gasteiger partial charge in [-0.3, -0.25) is 14.5 Å². The Morgan fingerprint density at radius 2 is 1.57 bits per heavy atom. The monoisotopic (exact) mass is 310 g/mol. The van der Waals surface area contributed by atoms with E-state index < -0.39 is 0 Å². The highest BCUT2D eigenvalue weighted by molar-refractivity contribution is 6.21. The van der Waals surface area contributed by atoms with Crippen molar-refractivity contribution in [1.82, 2.24) is 4.90 Å². The largest absolute Gasteiger partial charge is 0.457 e. The van der Waals surface area contributed by atoms with E-state index in [1.807, 2.05) is 13.8 Å². The zero-order chi connectivity index (χ0) is 16.6. The van der Waals surface area contributed by atoms with Gasteiger partial charge in [0, 0.05) is 12.2 Å². The Labute approximate surface area is 134 Å². The van der Waals surface area contributed by atoms with Crippen LogP contribution in [0.1, 0.15) is 34.6 Å². The Morgan fingerprint density at radius 3 is 2.22 bits per heavy atom. The van der Waals surface area contributed by atoms with Gasteiger partial charge in [0.25, 0.3) is 11.8 Å². The van der Waals surface area contributed by atoms with Crippen molar-refractivity contribution in [3.63, 3.8) is 0 Å². The molecule has 0 aromatic heterocycles. The van der Waals surface area contributed by atoms with E-state index >= 15 is 0 Å². The highest BCUT2D eigenvalue weighted by Gasteiger charge is 2.35. The number of ether oxygens (including phenoxy) is 1. The molecule has 0 saturated heterocycles. The summed E-state index contributed by atoms with van der Waals surface area (Å²) in [6, 6.07) is 11.9. The topological polar surface area (TPSA) is 72.6 Å². The van der Waals surface area contributed by atoms with Crippen LogP contribution in [0.3, 0.4) is 0 Å². The van der Waals surface area contributed by atoms with Gasteiger partial charge in [0.2, 0.25) is 0 Å². The normalized spacial score (nSPS) is 13.6. The number of anilines is 1. The molecule has 0 bridgehead atoms. The maximum absolute atomic E-state index is 12.4. The van der Waals surface area contributed by atoms with Crippen LogP contribution in [-0.4, -0.2) is 23.3 Å². The SMILES string of the molecule is CC(C)CN1C(=O)c2ccc(Oc3ccc(N)cc3)cc2C1=O. The highest BCUT2D eigenvalue weighted by atomic mass is 16.5. The minimum atomic E-state index is -0.263. The number of nitrogen functional groups attached to an aromatic ring is 1. The first-order valence-electron chi connectivity index (χ1n) is 7.49. The van der Waals surface area contributed by atoms with Gasteiger partial charge in [0.05, 0.1) is 11.1 Å². The third kappa shape index (κ3) is 2.90. The summed E-state index contributed by atoms with van der Waals surface area (Å²) in [5.74, 6) is 0.859. The fourth-order valence-corrected chi connectivity index (χ4v) is 2.54. The quantitative estimate of drug-likeness (QED) is 0.694. The Balaban J connectivity index is 1.86. The van der Waals surface area contributed by atoms with Gasteiger partial charge < -0.3 is 10.5 Å². The molecule has 0 spiro atoms. The summed E-state index contributed by atoms with van der Waals surface area (Å²) in [5.41, 5.74) is 7.11. The molecule has 2 N–H and O–H groups in total. The van der Waals surface area contributed by atoms with E-state index in [9.17, 15) is 9.59 Å². The van der Waals surface area contributed by atoms with Crippen molar-refractivity contribution < 1.29 is 14.3 Å². The van der Waals surface area contributed by atoms with Crippen molar-refractivity contribution >= 4 is 17.5 Å². The molecule has 0 unspecified atom stereocenters. The van der Waals surface area contributed by atoms with E-state index in [4.69, 9.17) is 10.5 Å². The molecular formula is C18H18N2O3. The van der Waals surface area contributed by atoms with Gasteiger partial charge in [-0.2, -0.15) is 0 Å². The first kappa shape index (κ1) is 15.1. The Morgan fingerprint density at radius 1 is 0.957 bits per heavy atom. The smallest absolute Gasteiger partial charge is 0.261 e. The third-order valence-electron chi connectivity index (χ3n) is 3.61. The predicted octanol–water partition coefficient (Wildman–Crippen LogP) is 3.31. The van der Waals surface area contributed by atoms with Crippen molar-refractivity contribution in [2.45, 2.75) is 13.8 Å². The second kappa shape index (κ2) is 5.76. The lowest BCUT2D eigenvalue weighted by atomic mass is 10.1. The number of carbonyl (C=O) groups excluding carboxylic acids is 2. The fraction of sp³-hybridized carbons (Fsp3) is 0.222. The standard InChI is InChI=1S/C18H18N2O3/c1-11(2)10-20-17(21)15-8-7-14(9-16(15)18(20)22)23-13-5-3-12(19)4-6-13/h3-9,11H,10,19H2,1-2H3. The number of hydrogen-bond donors (Lipinski definition) is 1. The van der Waals surface area contributed by atoms with Gasteiger partial charge in [-0.05, 0) is 48.4 Å². The zero-order valence-electron chi connectivity index (χ0n) is 13.1. The summed E-state index contributed by atoms with van der Waals surface area (Å²) in [7, 11) is 0. The van der Waals surface area contributed by atoms with Gasteiger partial charge >= 0.3 is 0 Å². The molecule has 0 saturated carbocycles. The number of fused-ring (bicyclic) bond motifs is 1. The molecule has 0 atom stereocenters. The maximum Gasteiger partial charge on any atom is 0.261 e. The van der Waals surface area contributed by atoms with E-state index in [1.165, 1.54) is 4.90 Å². The van der Waals surface area contributed by atoms with Crippen LogP contribution in [0, 0.1) is 5.92 Å². The van der Waals surface area contributed by atoms with Crippen molar-refractivity contribution in [2.24, 2.45) is 5.92 Å². The molecular weight excluding hydrogens is 292 g/mol. The van der Waals surface area contributed by atoms with E-state index in [2.05, 4.69) is 0 Å². The molecule has 23 heavy (non-hydrogen) atoms. The lowest BCUT2D eigenvalue weighted by Gasteiger charge is -2.15. The van der Waals surface area contributed by atoms with E-state index in [1.54, 1.807) is 42.5 Å². The highest BCUT2D eigenvalue weighted by Crippen LogP contribution is 2.30. The van der Waals surface area contributed by atoms with Gasteiger partial charge in [-0.25, -0.2) is 0 Å². The van der Waals surface area contributed by atoms with Crippen LogP contribution < -0.4 is 10.5 Å². The molecule has 2 aromatic rings. The number of hydrogen-bond acceptors (Lipinski definition) is 4. The summed E-state index contributed by atoms with van der Waals surface area (Å²) < 4.78 is 5.72. The molecule has 0 aliphatic carbocycles. The molecule has 2 amide bonds. The van der Waals surface area contributed by atoms with Gasteiger partial charge in [0.1, 0.15) is 11.5 Å². The van der Waals surface area contributed by atoms with Gasteiger partial charge in [0.15, 0.2) is 0 Å². The molecule has 2 aromatic carbocycles. The summed E-state index contributed by atoms with van der Waals surface area (Å²) in [6.45, 7) is 4.36. The minimum Gasteiger partial charge on any atom is -0.457 e. The second-order valence-electron chi connectivity index (χ2n) is 5.99. The summed E-state index contributed by atoms with van der Waals surface area (Å²) in [5, 5.41) is 0. The third-order valence-corrected chi connectivity index (χ3v) is 3.61. The molecule has 1 heterocycles. The predicted molar refractivity (Wildman–Crippen MR) is 87.6 cm³/mol. The van der Waals surface area contributed by atoms with Crippen LogP contribution in [0.25, 0.3) is 0 Å². The molecule has 118 valence electrons. The van der Waals surface area contributed by atoms with Crippen LogP contribution in [0.2, 0.25) is 0 Å². The maximum atomic E-state index is 12.4. The molecule has 5 heteroatoms. The number of rotatable bonds is 4. The fourth-order valence-electron chi connectivity index (χ4n) is 2.54. The number of benzene rings is 2. The lowest BCUT2D eigenvalue weighted by Crippen LogP contribution is -2.33. The van der Waals surface area contributed by atoms with Crippen LogP contribution in [0.15, 0.2) is 42.5 Å². The van der Waals surface area contributed by atoms with E-state index in [0.717, 1.165) is 0 Å². The molecule has 0 fully saturated rings. The first-order valence-corrected chi connectivity index (χ1v) is 7.49. The van der Waals surface area contributed by atoms with Crippen LogP contribution in [0.4, 0.5) is 5.69 Å². The van der Waals surface area contributed by atoms with E-state index in [-0.39, 0.29) is 17.7 Å². The van der Waals surface area contributed by atoms with Gasteiger partial charge in [-0.15, -0.1) is 0 Å². The van der Waals surface area contributed by atoms with Crippen molar-refractivity contribution in [2.75, 3.05) is 12.3 Å². The summed E-state index contributed by atoms with van der Waals surface area (Å²) in [4.78, 5) is 26.0. The Hall–Kier alpha value is -2.82. The average Bonchev–Trinajstić information content (AvgIpc) is 2.74. The van der Waals surface area contributed by atoms with Crippen molar-refractivity contribution in [3.05, 3.63) is 53.6 Å². The number of amides is 2. The molecule has 1 aliphatic rings. The number of nitrogens with zero attached hydrogens (tertiary/aromatic N) is 1. The Kier molecular flexibility index (Phi) is 3.78. The average molecular weight is 310 g/mol.